The van der Waals surface area contributed by atoms with Gasteiger partial charge in [0.05, 0.1) is 0 Å². The molecule has 1 aliphatic rings. The standard InChI is InChI=1S/C14H30N2/c1-4-11-15-13(3)10-12-16(5-2)14-8-6-7-9-14/h13-15H,4-12H2,1-3H3. The molecule has 1 aliphatic carbocycles. The van der Waals surface area contributed by atoms with E-state index < -0.39 is 0 Å². The SMILES string of the molecule is CCCNC(C)CCN(CC)C1CCCC1. The van der Waals surface area contributed by atoms with Gasteiger partial charge in [0.1, 0.15) is 0 Å². The minimum atomic E-state index is 0.676. The summed E-state index contributed by atoms with van der Waals surface area (Å²) < 4.78 is 0. The Morgan fingerprint density at radius 3 is 2.50 bits per heavy atom. The monoisotopic (exact) mass is 226 g/mol. The summed E-state index contributed by atoms with van der Waals surface area (Å²) in [5.41, 5.74) is 0. The smallest absolute Gasteiger partial charge is 0.00951 e. The van der Waals surface area contributed by atoms with Crippen LogP contribution in [0.3, 0.4) is 0 Å². The summed E-state index contributed by atoms with van der Waals surface area (Å²) in [7, 11) is 0. The Hall–Kier alpha value is -0.0800. The maximum absolute atomic E-state index is 3.58. The topological polar surface area (TPSA) is 15.3 Å². The molecule has 0 heterocycles. The molecule has 0 aliphatic heterocycles. The van der Waals surface area contributed by atoms with E-state index in [-0.39, 0.29) is 0 Å². The fraction of sp³-hybridized carbons (Fsp3) is 1.00. The molecule has 2 nitrogen and oxygen atoms in total. The van der Waals surface area contributed by atoms with Crippen molar-refractivity contribution in [2.24, 2.45) is 0 Å². The maximum atomic E-state index is 3.58. The Balaban J connectivity index is 2.17. The highest BCUT2D eigenvalue weighted by molar-refractivity contribution is 4.77. The van der Waals surface area contributed by atoms with E-state index in [1.54, 1.807) is 0 Å². The van der Waals surface area contributed by atoms with Crippen molar-refractivity contribution in [3.63, 3.8) is 0 Å². The minimum absolute atomic E-state index is 0.676. The van der Waals surface area contributed by atoms with Crippen molar-refractivity contribution < 1.29 is 0 Å². The third-order valence-electron chi connectivity index (χ3n) is 3.84. The predicted octanol–water partition coefficient (Wildman–Crippen LogP) is 3.03. The van der Waals surface area contributed by atoms with E-state index in [0.717, 1.165) is 12.6 Å². The van der Waals surface area contributed by atoms with Gasteiger partial charge in [0.2, 0.25) is 0 Å². The Morgan fingerprint density at radius 2 is 1.94 bits per heavy atom. The quantitative estimate of drug-likeness (QED) is 0.684. The molecule has 0 spiro atoms. The highest BCUT2D eigenvalue weighted by atomic mass is 15.2. The zero-order valence-electron chi connectivity index (χ0n) is 11.5. The number of nitrogens with zero attached hydrogens (tertiary/aromatic N) is 1. The van der Waals surface area contributed by atoms with Crippen LogP contribution in [0.25, 0.3) is 0 Å². The summed E-state index contributed by atoms with van der Waals surface area (Å²) in [6.07, 6.45) is 8.31. The van der Waals surface area contributed by atoms with Gasteiger partial charge < -0.3 is 10.2 Å². The lowest BCUT2D eigenvalue weighted by atomic mass is 10.1. The third-order valence-corrected chi connectivity index (χ3v) is 3.84. The van der Waals surface area contributed by atoms with Gasteiger partial charge in [-0.1, -0.05) is 26.7 Å². The molecule has 96 valence electrons. The van der Waals surface area contributed by atoms with Crippen LogP contribution in [0, 0.1) is 0 Å². The molecule has 1 fully saturated rings. The molecule has 16 heavy (non-hydrogen) atoms. The molecule has 0 radical (unpaired) electrons. The molecule has 0 aromatic rings. The average Bonchev–Trinajstić information content (AvgIpc) is 2.81. The van der Waals surface area contributed by atoms with Crippen molar-refractivity contribution in [3.05, 3.63) is 0 Å². The number of rotatable bonds is 8. The van der Waals surface area contributed by atoms with Crippen molar-refractivity contribution in [1.82, 2.24) is 10.2 Å². The summed E-state index contributed by atoms with van der Waals surface area (Å²) >= 11 is 0. The van der Waals surface area contributed by atoms with E-state index in [4.69, 9.17) is 0 Å². The Bertz CT molecular complexity index is 164. The average molecular weight is 226 g/mol. The first-order valence-electron chi connectivity index (χ1n) is 7.25. The fourth-order valence-electron chi connectivity index (χ4n) is 2.72. The first-order valence-corrected chi connectivity index (χ1v) is 7.25. The molecule has 1 unspecified atom stereocenters. The number of hydrogen-bond donors (Lipinski definition) is 1. The van der Waals surface area contributed by atoms with Crippen LogP contribution in [-0.2, 0) is 0 Å². The van der Waals surface area contributed by atoms with Crippen molar-refractivity contribution >= 4 is 0 Å². The molecule has 0 amide bonds. The Labute approximate surface area is 102 Å². The van der Waals surface area contributed by atoms with Gasteiger partial charge in [-0.05, 0) is 52.2 Å². The van der Waals surface area contributed by atoms with Crippen molar-refractivity contribution in [3.8, 4) is 0 Å². The largest absolute Gasteiger partial charge is 0.314 e. The van der Waals surface area contributed by atoms with Crippen molar-refractivity contribution in [1.29, 1.82) is 0 Å². The van der Waals surface area contributed by atoms with Gasteiger partial charge in [0.25, 0.3) is 0 Å². The lowest BCUT2D eigenvalue weighted by molar-refractivity contribution is 0.199. The van der Waals surface area contributed by atoms with Crippen LogP contribution in [0.4, 0.5) is 0 Å². The fourth-order valence-corrected chi connectivity index (χ4v) is 2.72. The van der Waals surface area contributed by atoms with Crippen LogP contribution >= 0.6 is 0 Å². The second-order valence-electron chi connectivity index (χ2n) is 5.21. The molecular weight excluding hydrogens is 196 g/mol. The van der Waals surface area contributed by atoms with E-state index >= 15 is 0 Å². The highest BCUT2D eigenvalue weighted by Gasteiger charge is 2.21. The second kappa shape index (κ2) is 8.08. The molecular formula is C14H30N2. The predicted molar refractivity (Wildman–Crippen MR) is 71.9 cm³/mol. The van der Waals surface area contributed by atoms with Crippen LogP contribution in [0.5, 0.6) is 0 Å². The molecule has 0 saturated heterocycles. The van der Waals surface area contributed by atoms with Gasteiger partial charge in [0.15, 0.2) is 0 Å². The lowest BCUT2D eigenvalue weighted by Gasteiger charge is -2.28. The molecule has 0 aromatic heterocycles. The summed E-state index contributed by atoms with van der Waals surface area (Å²) in [4.78, 5) is 2.69. The van der Waals surface area contributed by atoms with Gasteiger partial charge in [-0.2, -0.15) is 0 Å². The molecule has 0 bridgehead atoms. The van der Waals surface area contributed by atoms with Gasteiger partial charge in [-0.15, -0.1) is 0 Å². The van der Waals surface area contributed by atoms with E-state index in [9.17, 15) is 0 Å². The van der Waals surface area contributed by atoms with Crippen LogP contribution in [0.1, 0.15) is 59.3 Å². The van der Waals surface area contributed by atoms with E-state index in [0.29, 0.717) is 6.04 Å². The molecule has 1 rings (SSSR count). The van der Waals surface area contributed by atoms with E-state index in [1.807, 2.05) is 0 Å². The zero-order valence-corrected chi connectivity index (χ0v) is 11.5. The lowest BCUT2D eigenvalue weighted by Crippen LogP contribution is -2.37. The van der Waals surface area contributed by atoms with Crippen molar-refractivity contribution in [2.45, 2.75) is 71.4 Å². The Morgan fingerprint density at radius 1 is 1.25 bits per heavy atom. The van der Waals surface area contributed by atoms with Gasteiger partial charge in [-0.25, -0.2) is 0 Å². The summed E-state index contributed by atoms with van der Waals surface area (Å²) in [6, 6.07) is 1.57. The first-order chi connectivity index (χ1) is 7.77. The van der Waals surface area contributed by atoms with Crippen LogP contribution in [-0.4, -0.2) is 36.6 Å². The normalized spacial score (nSPS) is 19.5. The second-order valence-corrected chi connectivity index (χ2v) is 5.21. The number of hydrogen-bond acceptors (Lipinski definition) is 2. The van der Waals surface area contributed by atoms with Gasteiger partial charge in [-0.3, -0.25) is 0 Å². The molecule has 1 N–H and O–H groups in total. The maximum Gasteiger partial charge on any atom is 0.00951 e. The first kappa shape index (κ1) is 14.0. The van der Waals surface area contributed by atoms with Gasteiger partial charge in [0, 0.05) is 12.1 Å². The number of nitrogens with one attached hydrogen (secondary N) is 1. The van der Waals surface area contributed by atoms with E-state index in [2.05, 4.69) is 31.0 Å². The molecule has 2 heteroatoms. The van der Waals surface area contributed by atoms with Crippen LogP contribution in [0.2, 0.25) is 0 Å². The van der Waals surface area contributed by atoms with E-state index in [1.165, 1.54) is 51.6 Å². The Kier molecular flexibility index (Phi) is 7.06. The van der Waals surface area contributed by atoms with Crippen molar-refractivity contribution in [2.75, 3.05) is 19.6 Å². The molecule has 1 atom stereocenters. The summed E-state index contributed by atoms with van der Waals surface area (Å²) in [5.74, 6) is 0. The molecule has 0 aromatic carbocycles. The van der Waals surface area contributed by atoms with Crippen LogP contribution in [0.15, 0.2) is 0 Å². The minimum Gasteiger partial charge on any atom is -0.314 e. The van der Waals surface area contributed by atoms with Crippen LogP contribution < -0.4 is 5.32 Å². The summed E-state index contributed by atoms with van der Waals surface area (Å²) in [6.45, 7) is 10.5. The third kappa shape index (κ3) is 4.84. The zero-order chi connectivity index (χ0) is 11.8. The molecule has 1 saturated carbocycles. The highest BCUT2D eigenvalue weighted by Crippen LogP contribution is 2.23. The summed E-state index contributed by atoms with van der Waals surface area (Å²) in [5, 5.41) is 3.58. The van der Waals surface area contributed by atoms with Gasteiger partial charge >= 0.3 is 0 Å².